The smallest absolute Gasteiger partial charge is 0.328 e. The standard InChI is InChI=1S/C12H18O2/c1-4-6-11(9-12(13)14)8-5-7-10(2)3/h4,6-7,9H,5,8H2,1-3H3,(H,13,14)/b6-4+,11-9-. The molecule has 0 radical (unpaired) electrons. The van der Waals surface area contributed by atoms with Crippen molar-refractivity contribution in [1.29, 1.82) is 0 Å². The minimum atomic E-state index is -0.879. The molecule has 2 nitrogen and oxygen atoms in total. The minimum absolute atomic E-state index is 0.780. The van der Waals surface area contributed by atoms with Gasteiger partial charge in [-0.3, -0.25) is 0 Å². The first-order valence-corrected chi connectivity index (χ1v) is 4.75. The van der Waals surface area contributed by atoms with Crippen molar-refractivity contribution < 1.29 is 9.90 Å². The third-order valence-electron chi connectivity index (χ3n) is 1.68. The maximum atomic E-state index is 10.5. The Morgan fingerprint density at radius 3 is 2.43 bits per heavy atom. The lowest BCUT2D eigenvalue weighted by Crippen LogP contribution is -1.90. The minimum Gasteiger partial charge on any atom is -0.478 e. The van der Waals surface area contributed by atoms with Gasteiger partial charge in [-0.15, -0.1) is 0 Å². The van der Waals surface area contributed by atoms with Gasteiger partial charge in [-0.25, -0.2) is 4.79 Å². The molecular weight excluding hydrogens is 176 g/mol. The first kappa shape index (κ1) is 12.7. The predicted octanol–water partition coefficient (Wildman–Crippen LogP) is 3.32. The van der Waals surface area contributed by atoms with Gasteiger partial charge in [0.15, 0.2) is 0 Å². The number of carboxylic acid groups (broad SMARTS) is 1. The lowest BCUT2D eigenvalue weighted by molar-refractivity contribution is -0.131. The Morgan fingerprint density at radius 2 is 2.00 bits per heavy atom. The quantitative estimate of drug-likeness (QED) is 0.414. The second-order valence-corrected chi connectivity index (χ2v) is 3.38. The molecule has 0 aliphatic rings. The van der Waals surface area contributed by atoms with Crippen LogP contribution in [0.4, 0.5) is 0 Å². The summed E-state index contributed by atoms with van der Waals surface area (Å²) < 4.78 is 0. The van der Waals surface area contributed by atoms with E-state index in [-0.39, 0.29) is 0 Å². The molecule has 0 aromatic rings. The van der Waals surface area contributed by atoms with E-state index < -0.39 is 5.97 Å². The topological polar surface area (TPSA) is 37.3 Å². The van der Waals surface area contributed by atoms with Crippen LogP contribution in [-0.2, 0) is 4.79 Å². The van der Waals surface area contributed by atoms with Gasteiger partial charge >= 0.3 is 5.97 Å². The Kier molecular flexibility index (Phi) is 6.46. The van der Waals surface area contributed by atoms with E-state index >= 15 is 0 Å². The van der Waals surface area contributed by atoms with Crippen molar-refractivity contribution in [2.75, 3.05) is 0 Å². The van der Waals surface area contributed by atoms with E-state index in [0.717, 1.165) is 18.4 Å². The van der Waals surface area contributed by atoms with E-state index in [0.29, 0.717) is 0 Å². The van der Waals surface area contributed by atoms with Crippen LogP contribution in [0.2, 0.25) is 0 Å². The summed E-state index contributed by atoms with van der Waals surface area (Å²) in [6.45, 7) is 5.96. The maximum absolute atomic E-state index is 10.5. The highest BCUT2D eigenvalue weighted by Crippen LogP contribution is 2.08. The van der Waals surface area contributed by atoms with E-state index in [2.05, 4.69) is 6.08 Å². The van der Waals surface area contributed by atoms with Gasteiger partial charge in [0.2, 0.25) is 0 Å². The van der Waals surface area contributed by atoms with Gasteiger partial charge in [-0.05, 0) is 39.2 Å². The monoisotopic (exact) mass is 194 g/mol. The molecule has 0 fully saturated rings. The van der Waals surface area contributed by atoms with Gasteiger partial charge in [0.25, 0.3) is 0 Å². The molecule has 1 N–H and O–H groups in total. The molecule has 0 saturated heterocycles. The molecule has 2 heteroatoms. The molecule has 0 spiro atoms. The molecule has 0 rings (SSSR count). The van der Waals surface area contributed by atoms with Crippen molar-refractivity contribution in [2.45, 2.75) is 33.6 Å². The van der Waals surface area contributed by atoms with Crippen LogP contribution in [-0.4, -0.2) is 11.1 Å². The Morgan fingerprint density at radius 1 is 1.36 bits per heavy atom. The molecule has 0 unspecified atom stereocenters. The highest BCUT2D eigenvalue weighted by atomic mass is 16.4. The largest absolute Gasteiger partial charge is 0.478 e. The second kappa shape index (κ2) is 7.13. The van der Waals surface area contributed by atoms with Gasteiger partial charge in [-0.2, -0.15) is 0 Å². The summed E-state index contributed by atoms with van der Waals surface area (Å²) in [6.07, 6.45) is 8.75. The summed E-state index contributed by atoms with van der Waals surface area (Å²) in [7, 11) is 0. The molecule has 0 aromatic carbocycles. The van der Waals surface area contributed by atoms with Crippen LogP contribution in [0, 0.1) is 0 Å². The zero-order chi connectivity index (χ0) is 11.0. The van der Waals surface area contributed by atoms with Crippen LogP contribution in [0.25, 0.3) is 0 Å². The van der Waals surface area contributed by atoms with Crippen molar-refractivity contribution in [1.82, 2.24) is 0 Å². The number of rotatable bonds is 5. The van der Waals surface area contributed by atoms with Crippen LogP contribution >= 0.6 is 0 Å². The molecule has 78 valence electrons. The van der Waals surface area contributed by atoms with Gasteiger partial charge in [0.05, 0.1) is 0 Å². The predicted molar refractivity (Wildman–Crippen MR) is 59.2 cm³/mol. The van der Waals surface area contributed by atoms with Crippen LogP contribution in [0.5, 0.6) is 0 Å². The number of hydrogen-bond acceptors (Lipinski definition) is 1. The Balaban J connectivity index is 4.25. The van der Waals surface area contributed by atoms with E-state index in [9.17, 15) is 4.79 Å². The average molecular weight is 194 g/mol. The lowest BCUT2D eigenvalue weighted by atomic mass is 10.1. The molecule has 0 aliphatic carbocycles. The third kappa shape index (κ3) is 7.35. The van der Waals surface area contributed by atoms with E-state index in [1.165, 1.54) is 11.6 Å². The Bertz CT molecular complexity index is 266. The first-order valence-electron chi connectivity index (χ1n) is 4.75. The lowest BCUT2D eigenvalue weighted by Gasteiger charge is -1.98. The molecular formula is C12H18O2. The fourth-order valence-corrected chi connectivity index (χ4v) is 1.10. The van der Waals surface area contributed by atoms with Crippen molar-refractivity contribution in [3.8, 4) is 0 Å². The van der Waals surface area contributed by atoms with Gasteiger partial charge in [0.1, 0.15) is 0 Å². The molecule has 0 saturated carbocycles. The molecule has 14 heavy (non-hydrogen) atoms. The van der Waals surface area contributed by atoms with Crippen LogP contribution in [0.15, 0.2) is 35.5 Å². The summed E-state index contributed by atoms with van der Waals surface area (Å²) in [5.74, 6) is -0.879. The first-order chi connectivity index (χ1) is 6.56. The van der Waals surface area contributed by atoms with Crippen LogP contribution in [0.3, 0.4) is 0 Å². The van der Waals surface area contributed by atoms with Crippen molar-refractivity contribution in [2.24, 2.45) is 0 Å². The Hall–Kier alpha value is -1.31. The zero-order valence-electron chi connectivity index (χ0n) is 9.08. The summed E-state index contributed by atoms with van der Waals surface area (Å²) in [5, 5.41) is 8.59. The average Bonchev–Trinajstić information content (AvgIpc) is 2.02. The maximum Gasteiger partial charge on any atom is 0.328 e. The molecule has 0 aliphatic heterocycles. The van der Waals surface area contributed by atoms with E-state index in [1.54, 1.807) is 0 Å². The fraction of sp³-hybridized carbons (Fsp3) is 0.417. The second-order valence-electron chi connectivity index (χ2n) is 3.38. The molecule has 0 aromatic heterocycles. The summed E-state index contributed by atoms with van der Waals surface area (Å²) in [5.41, 5.74) is 2.12. The summed E-state index contributed by atoms with van der Waals surface area (Å²) in [6, 6.07) is 0. The molecule has 0 heterocycles. The normalized spacial score (nSPS) is 11.8. The van der Waals surface area contributed by atoms with Crippen LogP contribution < -0.4 is 0 Å². The van der Waals surface area contributed by atoms with Gasteiger partial charge in [0, 0.05) is 6.08 Å². The zero-order valence-corrected chi connectivity index (χ0v) is 9.08. The number of hydrogen-bond donors (Lipinski definition) is 1. The van der Waals surface area contributed by atoms with E-state index in [4.69, 9.17) is 5.11 Å². The SMILES string of the molecule is C/C=C/C(=C/C(=O)O)CCC=C(C)C. The van der Waals surface area contributed by atoms with Gasteiger partial charge in [-0.1, -0.05) is 23.8 Å². The highest BCUT2D eigenvalue weighted by molar-refractivity contribution is 5.81. The number of carbonyl (C=O) groups is 1. The van der Waals surface area contributed by atoms with Gasteiger partial charge < -0.3 is 5.11 Å². The fourth-order valence-electron chi connectivity index (χ4n) is 1.10. The molecule has 0 atom stereocenters. The number of allylic oxidation sites excluding steroid dienone is 5. The summed E-state index contributed by atoms with van der Waals surface area (Å²) >= 11 is 0. The summed E-state index contributed by atoms with van der Waals surface area (Å²) in [4.78, 5) is 10.5. The molecule has 0 amide bonds. The Labute approximate surface area is 85.6 Å². The third-order valence-corrected chi connectivity index (χ3v) is 1.68. The van der Waals surface area contributed by atoms with Crippen molar-refractivity contribution >= 4 is 5.97 Å². The van der Waals surface area contributed by atoms with Crippen molar-refractivity contribution in [3.63, 3.8) is 0 Å². The number of carboxylic acids is 1. The number of aliphatic carboxylic acids is 1. The van der Waals surface area contributed by atoms with Crippen LogP contribution in [0.1, 0.15) is 33.6 Å². The van der Waals surface area contributed by atoms with Crippen molar-refractivity contribution in [3.05, 3.63) is 35.5 Å². The highest BCUT2D eigenvalue weighted by Gasteiger charge is 1.95. The van der Waals surface area contributed by atoms with E-state index in [1.807, 2.05) is 32.9 Å². The molecule has 0 bridgehead atoms.